The first-order valence-electron chi connectivity index (χ1n) is 7.89. The summed E-state index contributed by atoms with van der Waals surface area (Å²) in [6.07, 6.45) is 0. The molecule has 0 saturated carbocycles. The van der Waals surface area contributed by atoms with Gasteiger partial charge in [0.25, 0.3) is 0 Å². The Kier molecular flexibility index (Phi) is 6.58. The zero-order valence-corrected chi connectivity index (χ0v) is 15.6. The highest BCUT2D eigenvalue weighted by molar-refractivity contribution is 7.89. The Balaban J connectivity index is 2.06. The van der Waals surface area contributed by atoms with Gasteiger partial charge >= 0.3 is 0 Å². The second-order valence-electron chi connectivity index (χ2n) is 6.00. The van der Waals surface area contributed by atoms with Crippen LogP contribution in [0.1, 0.15) is 19.4 Å². The minimum atomic E-state index is -3.77. The van der Waals surface area contributed by atoms with Gasteiger partial charge in [-0.2, -0.15) is 4.72 Å². The monoisotopic (exact) mass is 380 g/mol. The van der Waals surface area contributed by atoms with E-state index in [-0.39, 0.29) is 16.7 Å². The Hall–Kier alpha value is -1.89. The normalized spacial score (nSPS) is 12.8. The predicted octanol–water partition coefficient (Wildman–Crippen LogP) is 2.96. The molecule has 1 amide bonds. The molecule has 25 heavy (non-hydrogen) atoms. The van der Waals surface area contributed by atoms with Crippen LogP contribution >= 0.6 is 11.6 Å². The molecule has 0 spiro atoms. The SMILES string of the molecule is CC(C)[C@H](NS(=O)(=O)c1ccccc1)C(=O)NCc1ccc(Cl)cc1. The van der Waals surface area contributed by atoms with Crippen LogP contribution in [0, 0.1) is 5.92 Å². The van der Waals surface area contributed by atoms with Crippen molar-refractivity contribution in [2.75, 3.05) is 0 Å². The van der Waals surface area contributed by atoms with Crippen LogP contribution in [-0.4, -0.2) is 20.4 Å². The molecular weight excluding hydrogens is 360 g/mol. The van der Waals surface area contributed by atoms with E-state index in [4.69, 9.17) is 11.6 Å². The van der Waals surface area contributed by atoms with Crippen LogP contribution in [0.4, 0.5) is 0 Å². The molecule has 0 fully saturated rings. The van der Waals surface area contributed by atoms with Crippen LogP contribution in [0.15, 0.2) is 59.5 Å². The minimum absolute atomic E-state index is 0.131. The first kappa shape index (κ1) is 19.4. The molecule has 7 heteroatoms. The maximum atomic E-state index is 12.5. The van der Waals surface area contributed by atoms with Gasteiger partial charge in [-0.25, -0.2) is 8.42 Å². The van der Waals surface area contributed by atoms with Crippen molar-refractivity contribution in [3.05, 3.63) is 65.2 Å². The van der Waals surface area contributed by atoms with E-state index in [0.29, 0.717) is 11.6 Å². The van der Waals surface area contributed by atoms with E-state index in [9.17, 15) is 13.2 Å². The lowest BCUT2D eigenvalue weighted by molar-refractivity contribution is -0.123. The Morgan fingerprint density at radius 2 is 1.64 bits per heavy atom. The fourth-order valence-electron chi connectivity index (χ4n) is 2.23. The summed E-state index contributed by atoms with van der Waals surface area (Å²) in [7, 11) is -3.77. The van der Waals surface area contributed by atoms with Crippen LogP contribution in [-0.2, 0) is 21.4 Å². The van der Waals surface area contributed by atoms with Crippen LogP contribution in [0.3, 0.4) is 0 Å². The standard InChI is InChI=1S/C18H21ClN2O3S/c1-13(2)17(21-25(23,24)16-6-4-3-5-7-16)18(22)20-12-14-8-10-15(19)11-9-14/h3-11,13,17,21H,12H2,1-2H3,(H,20,22)/t17-/m0/s1. The first-order chi connectivity index (χ1) is 11.8. The van der Waals surface area contributed by atoms with E-state index in [1.54, 1.807) is 56.3 Å². The number of rotatable bonds is 7. The average molecular weight is 381 g/mol. The van der Waals surface area contributed by atoms with Gasteiger partial charge in [0.15, 0.2) is 0 Å². The fraction of sp³-hybridized carbons (Fsp3) is 0.278. The van der Waals surface area contributed by atoms with Gasteiger partial charge in [-0.3, -0.25) is 4.79 Å². The summed E-state index contributed by atoms with van der Waals surface area (Å²) in [6, 6.07) is 14.2. The number of hydrogen-bond donors (Lipinski definition) is 2. The maximum Gasteiger partial charge on any atom is 0.241 e. The summed E-state index contributed by atoms with van der Waals surface area (Å²) in [5.41, 5.74) is 0.881. The number of amides is 1. The molecule has 2 aromatic carbocycles. The number of carbonyl (C=O) groups excluding carboxylic acids is 1. The molecule has 2 N–H and O–H groups in total. The van der Waals surface area contributed by atoms with Crippen molar-refractivity contribution in [3.63, 3.8) is 0 Å². The molecule has 134 valence electrons. The van der Waals surface area contributed by atoms with Gasteiger partial charge in [0.1, 0.15) is 6.04 Å². The summed E-state index contributed by atoms with van der Waals surface area (Å²) < 4.78 is 27.4. The molecule has 0 aromatic heterocycles. The molecular formula is C18H21ClN2O3S. The number of sulfonamides is 1. The quantitative estimate of drug-likeness (QED) is 0.775. The molecule has 0 heterocycles. The minimum Gasteiger partial charge on any atom is -0.351 e. The van der Waals surface area contributed by atoms with Gasteiger partial charge in [-0.15, -0.1) is 0 Å². The number of benzene rings is 2. The molecule has 5 nitrogen and oxygen atoms in total. The highest BCUT2D eigenvalue weighted by Crippen LogP contribution is 2.12. The van der Waals surface area contributed by atoms with Gasteiger partial charge in [-0.1, -0.05) is 55.8 Å². The lowest BCUT2D eigenvalue weighted by Crippen LogP contribution is -2.49. The lowest BCUT2D eigenvalue weighted by Gasteiger charge is -2.21. The van der Waals surface area contributed by atoms with Gasteiger partial charge in [0.2, 0.25) is 15.9 Å². The van der Waals surface area contributed by atoms with E-state index in [1.165, 1.54) is 12.1 Å². The Bertz CT molecular complexity index is 806. The zero-order chi connectivity index (χ0) is 18.4. The van der Waals surface area contributed by atoms with Gasteiger partial charge in [0, 0.05) is 11.6 Å². The van der Waals surface area contributed by atoms with E-state index in [0.717, 1.165) is 5.56 Å². The van der Waals surface area contributed by atoms with Gasteiger partial charge in [0.05, 0.1) is 4.90 Å². The van der Waals surface area contributed by atoms with E-state index < -0.39 is 16.1 Å². The smallest absolute Gasteiger partial charge is 0.241 e. The average Bonchev–Trinajstić information content (AvgIpc) is 2.59. The third kappa shape index (κ3) is 5.56. The van der Waals surface area contributed by atoms with Crippen molar-refractivity contribution in [1.82, 2.24) is 10.0 Å². The van der Waals surface area contributed by atoms with Crippen molar-refractivity contribution >= 4 is 27.5 Å². The largest absolute Gasteiger partial charge is 0.351 e. The van der Waals surface area contributed by atoms with E-state index in [2.05, 4.69) is 10.0 Å². The highest BCUT2D eigenvalue weighted by Gasteiger charge is 2.28. The van der Waals surface area contributed by atoms with Crippen molar-refractivity contribution in [1.29, 1.82) is 0 Å². The first-order valence-corrected chi connectivity index (χ1v) is 9.75. The number of carbonyl (C=O) groups is 1. The molecule has 2 aromatic rings. The summed E-state index contributed by atoms with van der Waals surface area (Å²) in [6.45, 7) is 3.88. The predicted molar refractivity (Wildman–Crippen MR) is 98.7 cm³/mol. The molecule has 0 aliphatic rings. The molecule has 0 bridgehead atoms. The van der Waals surface area contributed by atoms with Crippen LogP contribution in [0.2, 0.25) is 5.02 Å². The van der Waals surface area contributed by atoms with Crippen molar-refractivity contribution in [2.24, 2.45) is 5.92 Å². The molecule has 0 radical (unpaired) electrons. The number of halogens is 1. The third-order valence-corrected chi connectivity index (χ3v) is 5.37. The lowest BCUT2D eigenvalue weighted by atomic mass is 10.0. The molecule has 0 unspecified atom stereocenters. The van der Waals surface area contributed by atoms with Crippen LogP contribution < -0.4 is 10.0 Å². The molecule has 0 aliphatic heterocycles. The van der Waals surface area contributed by atoms with Crippen LogP contribution in [0.5, 0.6) is 0 Å². The van der Waals surface area contributed by atoms with E-state index >= 15 is 0 Å². The van der Waals surface area contributed by atoms with Crippen LogP contribution in [0.25, 0.3) is 0 Å². The number of hydrogen-bond acceptors (Lipinski definition) is 3. The topological polar surface area (TPSA) is 75.3 Å². The Labute approximate surface area is 153 Å². The van der Waals surface area contributed by atoms with Crippen molar-refractivity contribution in [3.8, 4) is 0 Å². The second kappa shape index (κ2) is 8.47. The van der Waals surface area contributed by atoms with Crippen molar-refractivity contribution < 1.29 is 13.2 Å². The number of nitrogens with one attached hydrogen (secondary N) is 2. The summed E-state index contributed by atoms with van der Waals surface area (Å²) in [5.74, 6) is -0.576. The Morgan fingerprint density at radius 3 is 2.20 bits per heavy atom. The molecule has 0 aliphatic carbocycles. The van der Waals surface area contributed by atoms with Crippen molar-refractivity contribution in [2.45, 2.75) is 31.3 Å². The zero-order valence-electron chi connectivity index (χ0n) is 14.1. The summed E-state index contributed by atoms with van der Waals surface area (Å²) >= 11 is 5.83. The van der Waals surface area contributed by atoms with Gasteiger partial charge < -0.3 is 5.32 Å². The maximum absolute atomic E-state index is 12.5. The summed E-state index contributed by atoms with van der Waals surface area (Å²) in [4.78, 5) is 12.6. The second-order valence-corrected chi connectivity index (χ2v) is 8.15. The fourth-order valence-corrected chi connectivity index (χ4v) is 3.72. The molecule has 2 rings (SSSR count). The third-order valence-electron chi connectivity index (χ3n) is 3.66. The van der Waals surface area contributed by atoms with E-state index in [1.807, 2.05) is 0 Å². The van der Waals surface area contributed by atoms with Gasteiger partial charge in [-0.05, 0) is 35.7 Å². The Morgan fingerprint density at radius 1 is 1.04 bits per heavy atom. The molecule has 0 saturated heterocycles. The highest BCUT2D eigenvalue weighted by atomic mass is 35.5. The summed E-state index contributed by atoms with van der Waals surface area (Å²) in [5, 5.41) is 3.38. The molecule has 1 atom stereocenters.